The van der Waals surface area contributed by atoms with Crippen LogP contribution in [-0.4, -0.2) is 67.0 Å². The molecule has 3 heterocycles. The van der Waals surface area contributed by atoms with Gasteiger partial charge in [-0.15, -0.1) is 0 Å². The number of aryl methyl sites for hydroxylation is 1. The van der Waals surface area contributed by atoms with Crippen molar-refractivity contribution < 1.29 is 31.8 Å². The smallest absolute Gasteiger partial charge is 0.353 e. The number of alkyl halides is 3. The van der Waals surface area contributed by atoms with E-state index in [1.165, 1.54) is 6.07 Å². The maximum absolute atomic E-state index is 12.8. The molecule has 1 fully saturated rings. The quantitative estimate of drug-likeness (QED) is 0.475. The number of likely N-dealkylation sites (N-methyl/N-ethyl adjacent to an activating group) is 1. The summed E-state index contributed by atoms with van der Waals surface area (Å²) in [6, 6.07) is 3.92. The van der Waals surface area contributed by atoms with Crippen LogP contribution in [0.5, 0.6) is 0 Å². The summed E-state index contributed by atoms with van der Waals surface area (Å²) in [6.45, 7) is 8.95. The second-order valence-corrected chi connectivity index (χ2v) is 7.05. The van der Waals surface area contributed by atoms with E-state index in [-0.39, 0.29) is 10.5 Å². The molecule has 1 saturated heterocycles. The highest BCUT2D eigenvalue weighted by Crippen LogP contribution is 2.33. The second-order valence-electron chi connectivity index (χ2n) is 6.64. The zero-order chi connectivity index (χ0) is 25.2. The average Bonchev–Trinajstić information content (AvgIpc) is 3.31. The molecule has 0 radical (unpaired) electrons. The summed E-state index contributed by atoms with van der Waals surface area (Å²) >= 11 is 5.89. The van der Waals surface area contributed by atoms with E-state index in [0.29, 0.717) is 24.4 Å². The van der Waals surface area contributed by atoms with E-state index in [1.807, 2.05) is 32.4 Å². The maximum atomic E-state index is 12.8. The molecule has 0 bridgehead atoms. The molecule has 0 aliphatic carbocycles. The number of anilines is 1. The Labute approximate surface area is 192 Å². The van der Waals surface area contributed by atoms with Gasteiger partial charge >= 0.3 is 6.18 Å². The molecule has 180 valence electrons. The summed E-state index contributed by atoms with van der Waals surface area (Å²) in [5.41, 5.74) is 0.739. The van der Waals surface area contributed by atoms with Crippen molar-refractivity contribution in [2.24, 2.45) is 0 Å². The van der Waals surface area contributed by atoms with Crippen molar-refractivity contribution in [2.75, 3.05) is 38.1 Å². The van der Waals surface area contributed by atoms with Gasteiger partial charge in [-0.25, -0.2) is 14.0 Å². The highest BCUT2D eigenvalue weighted by Gasteiger charge is 2.32. The number of benzene rings is 1. The minimum Gasteiger partial charge on any atom is -0.353 e. The van der Waals surface area contributed by atoms with Gasteiger partial charge in [0, 0.05) is 32.4 Å². The van der Waals surface area contributed by atoms with E-state index in [2.05, 4.69) is 24.8 Å². The van der Waals surface area contributed by atoms with Crippen molar-refractivity contribution in [1.82, 2.24) is 20.2 Å². The number of aromatic nitrogens is 3. The molecular weight excluding hydrogens is 470 g/mol. The van der Waals surface area contributed by atoms with Gasteiger partial charge in [0.2, 0.25) is 0 Å². The molecule has 1 aliphatic rings. The molecule has 0 atom stereocenters. The molecule has 13 heteroatoms. The lowest BCUT2D eigenvalue weighted by Crippen LogP contribution is -2.45. The van der Waals surface area contributed by atoms with Crippen molar-refractivity contribution in [1.29, 1.82) is 0 Å². The zero-order valence-corrected chi connectivity index (χ0v) is 18.7. The van der Waals surface area contributed by atoms with Crippen molar-refractivity contribution in [3.05, 3.63) is 46.4 Å². The SMILES string of the molecule is C=O.C=O.CN1CCN(c2ncc(C(F)(F)F)cc2Cl)CC1.Cc1ccc(F)c2nonc12. The first kappa shape index (κ1) is 27.9. The van der Waals surface area contributed by atoms with Crippen LogP contribution in [0.2, 0.25) is 5.02 Å². The molecule has 1 aliphatic heterocycles. The van der Waals surface area contributed by atoms with E-state index >= 15 is 0 Å². The molecular formula is C20H22ClF4N5O3. The van der Waals surface area contributed by atoms with Gasteiger partial charge in [-0.05, 0) is 42.0 Å². The highest BCUT2D eigenvalue weighted by atomic mass is 35.5. The normalized spacial score (nSPS) is 13.7. The Morgan fingerprint density at radius 3 is 2.12 bits per heavy atom. The van der Waals surface area contributed by atoms with Crippen LogP contribution < -0.4 is 4.90 Å². The molecule has 0 N–H and O–H groups in total. The fourth-order valence-corrected chi connectivity index (χ4v) is 3.08. The first-order valence-corrected chi connectivity index (χ1v) is 9.66. The van der Waals surface area contributed by atoms with Crippen molar-refractivity contribution in [3.8, 4) is 0 Å². The summed E-state index contributed by atoms with van der Waals surface area (Å²) < 4.78 is 54.6. The van der Waals surface area contributed by atoms with Gasteiger partial charge < -0.3 is 19.4 Å². The standard InChI is InChI=1S/C11H13ClF3N3.C7H5FN2O.2CH2O/c1-17-2-4-18(5-3-17)10-9(12)6-8(7-16-10)11(13,14)15;1-4-2-3-5(8)7-6(4)9-11-10-7;2*1-2/h6-7H,2-5H2,1H3;2-3H,1H3;2*1H2. The molecule has 4 rings (SSSR count). The van der Waals surface area contributed by atoms with Crippen LogP contribution in [0.1, 0.15) is 11.1 Å². The van der Waals surface area contributed by atoms with Crippen molar-refractivity contribution in [2.45, 2.75) is 13.1 Å². The van der Waals surface area contributed by atoms with Gasteiger partial charge in [0.05, 0.1) is 10.6 Å². The Morgan fingerprint density at radius 2 is 1.61 bits per heavy atom. The number of halogens is 5. The Hall–Kier alpha value is -3.12. The van der Waals surface area contributed by atoms with Crippen LogP contribution >= 0.6 is 11.6 Å². The van der Waals surface area contributed by atoms with E-state index < -0.39 is 17.6 Å². The van der Waals surface area contributed by atoms with E-state index in [0.717, 1.165) is 30.9 Å². The Bertz CT molecular complexity index is 989. The van der Waals surface area contributed by atoms with Crippen molar-refractivity contribution in [3.63, 3.8) is 0 Å². The maximum Gasteiger partial charge on any atom is 0.417 e. The van der Waals surface area contributed by atoms with Gasteiger partial charge in [0.25, 0.3) is 0 Å². The minimum atomic E-state index is -4.41. The Balaban J connectivity index is 0.000000310. The average molecular weight is 492 g/mol. The second kappa shape index (κ2) is 12.8. The van der Waals surface area contributed by atoms with Gasteiger partial charge in [0.1, 0.15) is 24.9 Å². The molecule has 1 aromatic carbocycles. The van der Waals surface area contributed by atoms with Gasteiger partial charge in [-0.3, -0.25) is 0 Å². The summed E-state index contributed by atoms with van der Waals surface area (Å²) in [7, 11) is 2.00. The number of fused-ring (bicyclic) bond motifs is 1. The van der Waals surface area contributed by atoms with Gasteiger partial charge in [-0.1, -0.05) is 17.7 Å². The third kappa shape index (κ3) is 7.46. The predicted molar refractivity (Wildman–Crippen MR) is 115 cm³/mol. The van der Waals surface area contributed by atoms with Crippen LogP contribution in [0.25, 0.3) is 11.0 Å². The summed E-state index contributed by atoms with van der Waals surface area (Å²) in [5.74, 6) is 0.0321. The number of piperazine rings is 1. The number of pyridine rings is 1. The number of nitrogens with zero attached hydrogens (tertiary/aromatic N) is 5. The number of carbonyl (C=O) groups is 2. The summed E-state index contributed by atoms with van der Waals surface area (Å²) in [6.07, 6.45) is -3.57. The summed E-state index contributed by atoms with van der Waals surface area (Å²) in [4.78, 5) is 23.9. The first-order valence-electron chi connectivity index (χ1n) is 9.28. The number of hydrogen-bond acceptors (Lipinski definition) is 8. The Kier molecular flexibility index (Phi) is 10.8. The molecule has 0 saturated carbocycles. The monoisotopic (exact) mass is 491 g/mol. The number of carbonyl (C=O) groups excluding carboxylic acids is 2. The van der Waals surface area contributed by atoms with Crippen LogP contribution in [0.3, 0.4) is 0 Å². The largest absolute Gasteiger partial charge is 0.417 e. The lowest BCUT2D eigenvalue weighted by atomic mass is 10.2. The van der Waals surface area contributed by atoms with E-state index in [9.17, 15) is 17.6 Å². The van der Waals surface area contributed by atoms with E-state index in [1.54, 1.807) is 6.07 Å². The summed E-state index contributed by atoms with van der Waals surface area (Å²) in [5, 5.41) is 7.02. The lowest BCUT2D eigenvalue weighted by Gasteiger charge is -2.33. The molecule has 8 nitrogen and oxygen atoms in total. The number of rotatable bonds is 1. The fraction of sp³-hybridized carbons (Fsp3) is 0.350. The molecule has 2 aromatic heterocycles. The fourth-order valence-electron chi connectivity index (χ4n) is 2.80. The van der Waals surface area contributed by atoms with Gasteiger partial charge in [-0.2, -0.15) is 13.2 Å². The minimum absolute atomic E-state index is 0.0504. The Morgan fingerprint density at radius 1 is 1.03 bits per heavy atom. The molecule has 0 amide bonds. The molecule has 3 aromatic rings. The van der Waals surface area contributed by atoms with Crippen LogP contribution in [-0.2, 0) is 15.8 Å². The molecule has 33 heavy (non-hydrogen) atoms. The number of hydrogen-bond donors (Lipinski definition) is 0. The zero-order valence-electron chi connectivity index (χ0n) is 17.9. The molecule has 0 spiro atoms. The topological polar surface area (TPSA) is 92.4 Å². The predicted octanol–water partition coefficient (Wildman–Crippen LogP) is 3.81. The van der Waals surface area contributed by atoms with Crippen molar-refractivity contribution >= 4 is 42.0 Å². The van der Waals surface area contributed by atoms with Crippen LogP contribution in [0, 0.1) is 12.7 Å². The lowest BCUT2D eigenvalue weighted by molar-refractivity contribution is -0.137. The van der Waals surface area contributed by atoms with Crippen LogP contribution in [0.4, 0.5) is 23.4 Å². The van der Waals surface area contributed by atoms with E-state index in [4.69, 9.17) is 21.2 Å². The van der Waals surface area contributed by atoms with Gasteiger partial charge in [0.15, 0.2) is 11.3 Å². The first-order chi connectivity index (χ1) is 15.7. The van der Waals surface area contributed by atoms with Crippen LogP contribution in [0.15, 0.2) is 29.0 Å². The highest BCUT2D eigenvalue weighted by molar-refractivity contribution is 6.33. The third-order valence-corrected chi connectivity index (χ3v) is 4.80. The third-order valence-electron chi connectivity index (χ3n) is 4.52. The molecule has 0 unspecified atom stereocenters.